The lowest BCUT2D eigenvalue weighted by molar-refractivity contribution is -0.192. The zero-order valence-electron chi connectivity index (χ0n) is 23.0. The van der Waals surface area contributed by atoms with Gasteiger partial charge in [0, 0.05) is 56.5 Å². The topological polar surface area (TPSA) is 165 Å². The van der Waals surface area contributed by atoms with Crippen molar-refractivity contribution >= 4 is 23.2 Å². The Labute approximate surface area is 239 Å². The molecule has 4 rings (SSSR count). The minimum atomic E-state index is -5.08. The van der Waals surface area contributed by atoms with Crippen molar-refractivity contribution in [1.82, 2.24) is 19.5 Å². The fraction of sp³-hybridized carbons (Fsp3) is 0.444. The number of carbonyl (C=O) groups is 2. The van der Waals surface area contributed by atoms with E-state index in [1.165, 1.54) is 6.20 Å². The molecule has 0 bridgehead atoms. The van der Waals surface area contributed by atoms with E-state index < -0.39 is 18.2 Å². The van der Waals surface area contributed by atoms with Gasteiger partial charge in [-0.15, -0.1) is 0 Å². The number of nitrogens with zero attached hydrogens (tertiary/aromatic N) is 6. The molecular formula is C27H31F3N6O6. The lowest BCUT2D eigenvalue weighted by atomic mass is 10.0. The molecule has 0 radical (unpaired) electrons. The number of aliphatic hydroxyl groups is 2. The van der Waals surface area contributed by atoms with Crippen molar-refractivity contribution in [2.24, 2.45) is 5.92 Å². The molecule has 3 aromatic heterocycles. The Morgan fingerprint density at radius 3 is 2.36 bits per heavy atom. The zero-order valence-corrected chi connectivity index (χ0v) is 23.0. The number of amides is 1. The number of aromatic nitrogens is 3. The molecule has 0 saturated carbocycles. The molecule has 42 heavy (non-hydrogen) atoms. The number of pyridine rings is 2. The highest BCUT2D eigenvalue weighted by Crippen LogP contribution is 2.31. The summed E-state index contributed by atoms with van der Waals surface area (Å²) in [5, 5.41) is 40.1. The van der Waals surface area contributed by atoms with Gasteiger partial charge in [-0.3, -0.25) is 4.79 Å². The number of alkyl halides is 3. The van der Waals surface area contributed by atoms with Crippen LogP contribution in [0.2, 0.25) is 0 Å². The van der Waals surface area contributed by atoms with E-state index in [0.717, 1.165) is 16.9 Å². The first-order chi connectivity index (χ1) is 19.9. The number of rotatable bonds is 8. The number of aliphatic carboxylic acids is 1. The average Bonchev–Trinajstić information content (AvgIpc) is 3.39. The van der Waals surface area contributed by atoms with Gasteiger partial charge in [-0.1, -0.05) is 13.8 Å². The number of fused-ring (bicyclic) bond motifs is 1. The molecular weight excluding hydrogens is 561 g/mol. The first-order valence-electron chi connectivity index (χ1n) is 13.0. The average molecular weight is 593 g/mol. The van der Waals surface area contributed by atoms with Crippen LogP contribution in [-0.4, -0.2) is 98.4 Å². The normalized spacial score (nSPS) is 14.3. The minimum Gasteiger partial charge on any atom is -0.492 e. The van der Waals surface area contributed by atoms with E-state index in [0.29, 0.717) is 56.0 Å². The van der Waals surface area contributed by atoms with Gasteiger partial charge in [0.05, 0.1) is 30.1 Å². The number of aliphatic hydroxyl groups excluding tert-OH is 2. The van der Waals surface area contributed by atoms with Crippen molar-refractivity contribution < 1.29 is 42.8 Å². The van der Waals surface area contributed by atoms with Gasteiger partial charge >= 0.3 is 12.1 Å². The fourth-order valence-electron chi connectivity index (χ4n) is 4.09. The number of hydrogen-bond donors (Lipinski definition) is 3. The van der Waals surface area contributed by atoms with Crippen LogP contribution < -0.4 is 9.64 Å². The Morgan fingerprint density at radius 2 is 1.83 bits per heavy atom. The largest absolute Gasteiger partial charge is 0.492 e. The van der Waals surface area contributed by atoms with Crippen LogP contribution >= 0.6 is 0 Å². The lowest BCUT2D eigenvalue weighted by Gasteiger charge is -2.36. The van der Waals surface area contributed by atoms with Crippen LogP contribution in [0.4, 0.5) is 19.0 Å². The molecule has 0 spiro atoms. The van der Waals surface area contributed by atoms with Crippen molar-refractivity contribution in [1.29, 1.82) is 5.26 Å². The molecule has 1 fully saturated rings. The van der Waals surface area contributed by atoms with E-state index in [1.807, 2.05) is 32.0 Å². The van der Waals surface area contributed by atoms with Crippen molar-refractivity contribution in [3.8, 4) is 22.9 Å². The Balaban J connectivity index is 0.000000616. The number of piperazine rings is 1. The third-order valence-electron chi connectivity index (χ3n) is 6.38. The zero-order chi connectivity index (χ0) is 31.0. The first-order valence-corrected chi connectivity index (χ1v) is 13.0. The third-order valence-corrected chi connectivity index (χ3v) is 6.38. The summed E-state index contributed by atoms with van der Waals surface area (Å²) in [6.07, 6.45) is -0.538. The van der Waals surface area contributed by atoms with E-state index in [9.17, 15) is 28.3 Å². The highest BCUT2D eigenvalue weighted by molar-refractivity contribution is 5.85. The second kappa shape index (κ2) is 14.0. The van der Waals surface area contributed by atoms with Crippen LogP contribution in [0.25, 0.3) is 16.6 Å². The van der Waals surface area contributed by atoms with Crippen LogP contribution in [-0.2, 0) is 9.59 Å². The monoisotopic (exact) mass is 592 g/mol. The fourth-order valence-corrected chi connectivity index (χ4v) is 4.09. The Bertz CT molecular complexity index is 1410. The number of ether oxygens (including phenoxy) is 1. The molecule has 226 valence electrons. The lowest BCUT2D eigenvalue weighted by Crippen LogP contribution is -2.52. The van der Waals surface area contributed by atoms with Gasteiger partial charge in [-0.25, -0.2) is 14.3 Å². The van der Waals surface area contributed by atoms with Gasteiger partial charge in [-0.05, 0) is 24.1 Å². The molecule has 1 aliphatic rings. The van der Waals surface area contributed by atoms with Gasteiger partial charge < -0.3 is 29.9 Å². The molecule has 0 unspecified atom stereocenters. The number of anilines is 1. The highest BCUT2D eigenvalue weighted by Gasteiger charge is 2.38. The van der Waals surface area contributed by atoms with Gasteiger partial charge in [0.25, 0.3) is 5.91 Å². The van der Waals surface area contributed by atoms with E-state index in [1.54, 1.807) is 21.8 Å². The van der Waals surface area contributed by atoms with Crippen molar-refractivity contribution in [2.45, 2.75) is 32.5 Å². The Hall–Kier alpha value is -4.42. The summed E-state index contributed by atoms with van der Waals surface area (Å²) in [6.45, 7) is 6.39. The molecule has 3 N–H and O–H groups in total. The highest BCUT2D eigenvalue weighted by atomic mass is 19.4. The molecule has 1 aliphatic heterocycles. The summed E-state index contributed by atoms with van der Waals surface area (Å²) in [6, 6.07) is 7.92. The number of hydrogen-bond acceptors (Lipinski definition) is 9. The Morgan fingerprint density at radius 1 is 1.17 bits per heavy atom. The second-order valence-electron chi connectivity index (χ2n) is 9.69. The van der Waals surface area contributed by atoms with Crippen LogP contribution in [0.1, 0.15) is 25.8 Å². The van der Waals surface area contributed by atoms with Gasteiger partial charge in [-0.2, -0.15) is 23.5 Å². The molecule has 1 saturated heterocycles. The molecule has 1 amide bonds. The van der Waals surface area contributed by atoms with Gasteiger partial charge in [0.2, 0.25) is 0 Å². The summed E-state index contributed by atoms with van der Waals surface area (Å²) < 4.78 is 39.1. The van der Waals surface area contributed by atoms with Gasteiger partial charge in [0.1, 0.15) is 23.7 Å². The van der Waals surface area contributed by atoms with E-state index in [4.69, 9.17) is 19.7 Å². The second-order valence-corrected chi connectivity index (χ2v) is 9.69. The summed E-state index contributed by atoms with van der Waals surface area (Å²) in [4.78, 5) is 29.8. The molecule has 4 heterocycles. The van der Waals surface area contributed by atoms with E-state index >= 15 is 0 Å². The minimum absolute atomic E-state index is 0.0432. The quantitative estimate of drug-likeness (QED) is 0.331. The van der Waals surface area contributed by atoms with Crippen molar-refractivity contribution in [3.63, 3.8) is 0 Å². The predicted octanol–water partition coefficient (Wildman–Crippen LogP) is 2.33. The molecule has 3 aromatic rings. The number of carboxylic acid groups (broad SMARTS) is 1. The number of nitriles is 1. The van der Waals surface area contributed by atoms with Crippen molar-refractivity contribution in [2.75, 3.05) is 44.3 Å². The maximum absolute atomic E-state index is 12.4. The number of carbonyl (C=O) groups excluding carboxylic acids is 1. The third kappa shape index (κ3) is 7.86. The summed E-state index contributed by atoms with van der Waals surface area (Å²) >= 11 is 0. The Kier molecular flexibility index (Phi) is 10.7. The van der Waals surface area contributed by atoms with Crippen LogP contribution in [0, 0.1) is 17.2 Å². The van der Waals surface area contributed by atoms with Crippen molar-refractivity contribution in [3.05, 3.63) is 42.4 Å². The number of halogens is 3. The van der Waals surface area contributed by atoms with Crippen LogP contribution in [0.15, 0.2) is 36.8 Å². The smallest absolute Gasteiger partial charge is 0.490 e. The molecule has 15 heteroatoms. The molecule has 12 nitrogen and oxygen atoms in total. The van der Waals surface area contributed by atoms with E-state index in [2.05, 4.69) is 21.1 Å². The summed E-state index contributed by atoms with van der Waals surface area (Å²) in [7, 11) is 0. The molecule has 1 atom stereocenters. The number of carboxylic acids is 1. The summed E-state index contributed by atoms with van der Waals surface area (Å²) in [5.41, 5.74) is 2.72. The van der Waals surface area contributed by atoms with Gasteiger partial charge in [0.15, 0.2) is 0 Å². The predicted molar refractivity (Wildman–Crippen MR) is 144 cm³/mol. The summed E-state index contributed by atoms with van der Waals surface area (Å²) in [5.74, 6) is -1.71. The van der Waals surface area contributed by atoms with E-state index in [-0.39, 0.29) is 18.4 Å². The first kappa shape index (κ1) is 32.1. The maximum atomic E-state index is 12.4. The van der Waals surface area contributed by atoms with Crippen LogP contribution in [0.5, 0.6) is 5.75 Å². The standard InChI is InChI=1S/C25H30N6O4.C2HF3O2/c1-17(2)24(33)25(34)30-8-6-29(7-9-30)22-5-4-18(14-27-22)21-12-20(35-11-3-10-32)16-31-23(21)19(13-26)15-28-31;3-2(4,5)1(6)7/h4-5,12,14-17,24,32-33H,3,6-11H2,1-2H3;(H,6,7)/t24-;/m0./s1. The van der Waals surface area contributed by atoms with Crippen LogP contribution in [0.3, 0.4) is 0 Å². The maximum Gasteiger partial charge on any atom is 0.490 e. The SMILES string of the molecule is CC(C)[C@H](O)C(=O)N1CCN(c2ccc(-c3cc(OCCCO)cn4ncc(C#N)c34)cn2)CC1.O=C(O)C(F)(F)F. The molecule has 0 aromatic carbocycles. The molecule has 0 aliphatic carbocycles.